The molecule has 0 aliphatic rings. The van der Waals surface area contributed by atoms with Crippen molar-refractivity contribution < 1.29 is 13.0 Å². The van der Waals surface area contributed by atoms with Gasteiger partial charge in [0.1, 0.15) is 0 Å². The summed E-state index contributed by atoms with van der Waals surface area (Å²) in [6.45, 7) is 2.30. The van der Waals surface area contributed by atoms with E-state index in [1.54, 1.807) is 0 Å². The van der Waals surface area contributed by atoms with Crippen LogP contribution in [0.4, 0.5) is 0 Å². The van der Waals surface area contributed by atoms with Crippen molar-refractivity contribution in [1.29, 1.82) is 0 Å². The second-order valence-corrected chi connectivity index (χ2v) is 13.8. The molecule has 0 aromatic heterocycles. The van der Waals surface area contributed by atoms with Gasteiger partial charge in [-0.2, -0.15) is 8.42 Å². The smallest absolute Gasteiger partial charge is 0.282 e. The molecule has 234 valence electrons. The van der Waals surface area contributed by atoms with E-state index in [0.717, 1.165) is 18.4 Å². The lowest BCUT2D eigenvalue weighted by Crippen LogP contribution is -1.98. The molecule has 0 heterocycles. The molecule has 1 aromatic carbocycles. The van der Waals surface area contributed by atoms with E-state index < -0.39 is 10.1 Å². The van der Waals surface area contributed by atoms with Gasteiger partial charge in [0.15, 0.2) is 0 Å². The highest BCUT2D eigenvalue weighted by atomic mass is 32.2. The maximum atomic E-state index is 11.1. The average Bonchev–Trinajstić information content (AvgIpc) is 2.94. The van der Waals surface area contributed by atoms with Crippen molar-refractivity contribution in [1.82, 2.24) is 0 Å². The minimum atomic E-state index is -4.08. The Labute approximate surface area is 250 Å². The van der Waals surface area contributed by atoms with Crippen LogP contribution in [0.15, 0.2) is 29.2 Å². The third-order valence-electron chi connectivity index (χ3n) is 8.54. The standard InChI is InChI=1S/C36H66O3S/c1-2-3-4-5-6-7-8-9-10-11-12-13-14-15-16-17-18-19-20-21-22-23-24-25-26-27-28-29-30-35-31-33-36(34-32-35)40(37,38)39/h31-34H,2-30H2,1H3,(H,37,38,39). The van der Waals surface area contributed by atoms with Gasteiger partial charge in [0.25, 0.3) is 10.1 Å². The molecule has 0 aliphatic heterocycles. The van der Waals surface area contributed by atoms with Gasteiger partial charge >= 0.3 is 0 Å². The van der Waals surface area contributed by atoms with Crippen molar-refractivity contribution in [3.63, 3.8) is 0 Å². The van der Waals surface area contributed by atoms with Gasteiger partial charge in [-0.05, 0) is 30.5 Å². The molecule has 40 heavy (non-hydrogen) atoms. The molecule has 4 heteroatoms. The van der Waals surface area contributed by atoms with E-state index in [2.05, 4.69) is 6.92 Å². The fraction of sp³-hybridized carbons (Fsp3) is 0.833. The lowest BCUT2D eigenvalue weighted by molar-refractivity contribution is 0.483. The first-order valence-corrected chi connectivity index (χ1v) is 19.0. The number of unbranched alkanes of at least 4 members (excludes halogenated alkanes) is 27. The van der Waals surface area contributed by atoms with E-state index in [1.807, 2.05) is 12.1 Å². The molecule has 0 saturated heterocycles. The van der Waals surface area contributed by atoms with Crippen LogP contribution < -0.4 is 0 Å². The van der Waals surface area contributed by atoms with Crippen LogP contribution in [-0.4, -0.2) is 13.0 Å². The maximum absolute atomic E-state index is 11.1. The summed E-state index contributed by atoms with van der Waals surface area (Å²) < 4.78 is 31.2. The molecule has 0 unspecified atom stereocenters. The monoisotopic (exact) mass is 578 g/mol. The van der Waals surface area contributed by atoms with Crippen molar-refractivity contribution in [3.8, 4) is 0 Å². The second-order valence-electron chi connectivity index (χ2n) is 12.4. The van der Waals surface area contributed by atoms with E-state index >= 15 is 0 Å². The van der Waals surface area contributed by atoms with Gasteiger partial charge in [0, 0.05) is 0 Å². The van der Waals surface area contributed by atoms with Gasteiger partial charge in [0.2, 0.25) is 0 Å². The predicted molar refractivity (Wildman–Crippen MR) is 175 cm³/mol. The van der Waals surface area contributed by atoms with Gasteiger partial charge in [-0.1, -0.05) is 192 Å². The first-order chi connectivity index (χ1) is 19.5. The molecule has 3 nitrogen and oxygen atoms in total. The Balaban J connectivity index is 1.70. The van der Waals surface area contributed by atoms with E-state index in [4.69, 9.17) is 4.55 Å². The molecule has 1 N–H and O–H groups in total. The quantitative estimate of drug-likeness (QED) is 0.0729. The van der Waals surface area contributed by atoms with E-state index in [9.17, 15) is 8.42 Å². The minimum absolute atomic E-state index is 0.0216. The van der Waals surface area contributed by atoms with Crippen LogP contribution in [-0.2, 0) is 16.5 Å². The van der Waals surface area contributed by atoms with Crippen LogP contribution in [0, 0.1) is 0 Å². The van der Waals surface area contributed by atoms with Crippen LogP contribution >= 0.6 is 0 Å². The number of rotatable bonds is 30. The zero-order valence-corrected chi connectivity index (χ0v) is 27.3. The third-order valence-corrected chi connectivity index (χ3v) is 9.41. The molecule has 0 spiro atoms. The molecule has 0 radical (unpaired) electrons. The lowest BCUT2D eigenvalue weighted by Gasteiger charge is -2.05. The van der Waals surface area contributed by atoms with E-state index in [-0.39, 0.29) is 4.90 Å². The Morgan fingerprint density at radius 2 is 0.675 bits per heavy atom. The predicted octanol–water partition coefficient (Wildman–Crippen LogP) is 12.4. The summed E-state index contributed by atoms with van der Waals surface area (Å²) in [6.07, 6.45) is 40.6. The first kappa shape index (κ1) is 37.2. The molecule has 0 amide bonds. The number of hydrogen-bond acceptors (Lipinski definition) is 2. The van der Waals surface area contributed by atoms with Crippen LogP contribution in [0.2, 0.25) is 0 Å². The van der Waals surface area contributed by atoms with Crippen molar-refractivity contribution in [2.45, 2.75) is 198 Å². The Hall–Kier alpha value is -0.870. The molecule has 0 atom stereocenters. The summed E-state index contributed by atoms with van der Waals surface area (Å²) >= 11 is 0. The van der Waals surface area contributed by atoms with Gasteiger partial charge in [-0.25, -0.2) is 0 Å². The SMILES string of the molecule is CCCCCCCCCCCCCCCCCCCCCCCCCCCCCCc1ccc(S(=O)(=O)O)cc1. The molecular formula is C36H66O3S. The Morgan fingerprint density at radius 1 is 0.425 bits per heavy atom. The first-order valence-electron chi connectivity index (χ1n) is 17.6. The normalized spacial score (nSPS) is 11.8. The molecule has 1 rings (SSSR count). The van der Waals surface area contributed by atoms with Crippen LogP contribution in [0.25, 0.3) is 0 Å². The van der Waals surface area contributed by atoms with Gasteiger partial charge < -0.3 is 0 Å². The summed E-state index contributed by atoms with van der Waals surface area (Å²) in [5.41, 5.74) is 1.14. The average molecular weight is 579 g/mol. The van der Waals surface area contributed by atoms with Crippen molar-refractivity contribution in [2.24, 2.45) is 0 Å². The van der Waals surface area contributed by atoms with Gasteiger partial charge in [0.05, 0.1) is 4.90 Å². The largest absolute Gasteiger partial charge is 0.294 e. The Morgan fingerprint density at radius 3 is 0.925 bits per heavy atom. The molecule has 0 saturated carbocycles. The maximum Gasteiger partial charge on any atom is 0.294 e. The lowest BCUT2D eigenvalue weighted by atomic mass is 10.0. The fourth-order valence-corrected chi connectivity index (χ4v) is 6.31. The highest BCUT2D eigenvalue weighted by molar-refractivity contribution is 7.85. The Bertz CT molecular complexity index is 757. The van der Waals surface area contributed by atoms with Crippen LogP contribution in [0.1, 0.15) is 192 Å². The van der Waals surface area contributed by atoms with E-state index in [0.29, 0.717) is 0 Å². The molecule has 0 bridgehead atoms. The highest BCUT2D eigenvalue weighted by Gasteiger charge is 2.08. The summed E-state index contributed by atoms with van der Waals surface area (Å²) in [5, 5.41) is 0. The minimum Gasteiger partial charge on any atom is -0.282 e. The molecular weight excluding hydrogens is 512 g/mol. The summed E-state index contributed by atoms with van der Waals surface area (Å²) in [6, 6.07) is 6.60. The van der Waals surface area contributed by atoms with Crippen molar-refractivity contribution in [2.75, 3.05) is 0 Å². The number of aryl methyl sites for hydroxylation is 1. The number of benzene rings is 1. The topological polar surface area (TPSA) is 54.4 Å². The van der Waals surface area contributed by atoms with Crippen molar-refractivity contribution in [3.05, 3.63) is 29.8 Å². The van der Waals surface area contributed by atoms with Crippen LogP contribution in [0.3, 0.4) is 0 Å². The van der Waals surface area contributed by atoms with Gasteiger partial charge in [-0.3, -0.25) is 4.55 Å². The summed E-state index contributed by atoms with van der Waals surface area (Å²) in [7, 11) is -4.08. The zero-order valence-electron chi connectivity index (χ0n) is 26.5. The zero-order chi connectivity index (χ0) is 29.0. The molecule has 1 aromatic rings. The third kappa shape index (κ3) is 23.8. The molecule has 0 fully saturated rings. The van der Waals surface area contributed by atoms with Gasteiger partial charge in [-0.15, -0.1) is 0 Å². The highest BCUT2D eigenvalue weighted by Crippen LogP contribution is 2.17. The van der Waals surface area contributed by atoms with Crippen LogP contribution in [0.5, 0.6) is 0 Å². The van der Waals surface area contributed by atoms with Crippen molar-refractivity contribution >= 4 is 10.1 Å². The fourth-order valence-electron chi connectivity index (χ4n) is 5.83. The second kappa shape index (κ2) is 27.0. The molecule has 0 aliphatic carbocycles. The number of hydrogen-bond donors (Lipinski definition) is 1. The summed E-state index contributed by atoms with van der Waals surface area (Å²) in [5.74, 6) is 0. The Kier molecular flexibility index (Phi) is 25.1. The summed E-state index contributed by atoms with van der Waals surface area (Å²) in [4.78, 5) is -0.0216. The van der Waals surface area contributed by atoms with E-state index in [1.165, 1.54) is 185 Å².